The molecule has 0 saturated heterocycles. The van der Waals surface area contributed by atoms with Crippen molar-refractivity contribution < 1.29 is 9.53 Å². The van der Waals surface area contributed by atoms with E-state index in [4.69, 9.17) is 10.5 Å². The highest BCUT2D eigenvalue weighted by Gasteiger charge is 2.53. The minimum Gasteiger partial charge on any atom is -0.496 e. The van der Waals surface area contributed by atoms with Gasteiger partial charge in [-0.05, 0) is 12.5 Å². The lowest BCUT2D eigenvalue weighted by atomic mass is 9.96. The lowest BCUT2D eigenvalue weighted by Gasteiger charge is -2.17. The van der Waals surface area contributed by atoms with E-state index < -0.39 is 0 Å². The Morgan fingerprint density at radius 2 is 2.26 bits per heavy atom. The molecule has 1 saturated carbocycles. The van der Waals surface area contributed by atoms with Crippen molar-refractivity contribution in [2.24, 2.45) is 11.7 Å². The monoisotopic (exact) mass is 262 g/mol. The van der Waals surface area contributed by atoms with Gasteiger partial charge < -0.3 is 15.8 Å². The zero-order chi connectivity index (χ0) is 14.0. The lowest BCUT2D eigenvalue weighted by molar-refractivity contribution is -0.124. The van der Waals surface area contributed by atoms with Crippen LogP contribution in [-0.4, -0.2) is 25.6 Å². The molecule has 3 unspecified atom stereocenters. The van der Waals surface area contributed by atoms with E-state index in [1.165, 1.54) is 0 Å². The van der Waals surface area contributed by atoms with Gasteiger partial charge in [0, 0.05) is 29.5 Å². The molecule has 1 aromatic carbocycles. The highest BCUT2D eigenvalue weighted by Crippen LogP contribution is 2.51. The van der Waals surface area contributed by atoms with Crippen LogP contribution in [0.5, 0.6) is 5.75 Å². The number of nitrogens with one attached hydrogen (secondary N) is 1. The minimum absolute atomic E-state index is 0.0312. The molecule has 4 heteroatoms. The normalized spacial score (nSPS) is 26.6. The maximum Gasteiger partial charge on any atom is 0.224 e. The van der Waals surface area contributed by atoms with Crippen LogP contribution in [0.15, 0.2) is 24.3 Å². The molecule has 3 N–H and O–H groups in total. The van der Waals surface area contributed by atoms with Crippen molar-refractivity contribution in [3.05, 3.63) is 29.8 Å². The van der Waals surface area contributed by atoms with Gasteiger partial charge in [0.25, 0.3) is 0 Å². The standard InChI is InChI=1S/C15H22N2O2/c1-10(9-16)14(18)17-13-8-15(13,2)11-6-4-5-7-12(11)19-3/h4-7,10,13H,8-9,16H2,1-3H3,(H,17,18). The molecule has 0 heterocycles. The summed E-state index contributed by atoms with van der Waals surface area (Å²) in [5, 5.41) is 3.07. The predicted octanol–water partition coefficient (Wildman–Crippen LogP) is 1.44. The third-order valence-corrected chi connectivity index (χ3v) is 4.08. The van der Waals surface area contributed by atoms with E-state index in [2.05, 4.69) is 18.3 Å². The molecule has 1 amide bonds. The fraction of sp³-hybridized carbons (Fsp3) is 0.533. The van der Waals surface area contributed by atoms with Crippen LogP contribution >= 0.6 is 0 Å². The van der Waals surface area contributed by atoms with Crippen LogP contribution in [-0.2, 0) is 10.2 Å². The Kier molecular flexibility index (Phi) is 3.80. The molecule has 1 aromatic rings. The van der Waals surface area contributed by atoms with Crippen molar-refractivity contribution in [2.45, 2.75) is 31.7 Å². The maximum absolute atomic E-state index is 11.9. The minimum atomic E-state index is -0.137. The molecule has 104 valence electrons. The molecule has 4 nitrogen and oxygen atoms in total. The van der Waals surface area contributed by atoms with E-state index in [1.54, 1.807) is 7.11 Å². The largest absolute Gasteiger partial charge is 0.496 e. The molecule has 0 aromatic heterocycles. The second-order valence-corrected chi connectivity index (χ2v) is 5.52. The van der Waals surface area contributed by atoms with Gasteiger partial charge in [0.2, 0.25) is 5.91 Å². The van der Waals surface area contributed by atoms with Crippen molar-refractivity contribution in [3.63, 3.8) is 0 Å². The molecule has 0 aliphatic heterocycles. The Labute approximate surface area is 114 Å². The number of nitrogens with two attached hydrogens (primary N) is 1. The summed E-state index contributed by atoms with van der Waals surface area (Å²) in [6.45, 7) is 4.38. The molecule has 19 heavy (non-hydrogen) atoms. The first kappa shape index (κ1) is 13.9. The van der Waals surface area contributed by atoms with E-state index in [9.17, 15) is 4.79 Å². The van der Waals surface area contributed by atoms with Gasteiger partial charge in [0.15, 0.2) is 0 Å². The topological polar surface area (TPSA) is 64.3 Å². The Balaban J connectivity index is 2.09. The summed E-state index contributed by atoms with van der Waals surface area (Å²) >= 11 is 0. The third-order valence-electron chi connectivity index (χ3n) is 4.08. The van der Waals surface area contributed by atoms with E-state index in [0.717, 1.165) is 17.7 Å². The van der Waals surface area contributed by atoms with E-state index >= 15 is 0 Å². The second kappa shape index (κ2) is 5.21. The van der Waals surface area contributed by atoms with E-state index in [-0.39, 0.29) is 23.3 Å². The summed E-state index contributed by atoms with van der Waals surface area (Å²) in [7, 11) is 1.68. The maximum atomic E-state index is 11.9. The van der Waals surface area contributed by atoms with Crippen LogP contribution in [0.2, 0.25) is 0 Å². The number of rotatable bonds is 5. The smallest absolute Gasteiger partial charge is 0.224 e. The summed E-state index contributed by atoms with van der Waals surface area (Å²) in [6.07, 6.45) is 0.941. The van der Waals surface area contributed by atoms with Crippen LogP contribution in [0.1, 0.15) is 25.8 Å². The summed E-state index contributed by atoms with van der Waals surface area (Å²) in [6, 6.07) is 8.16. The van der Waals surface area contributed by atoms with Gasteiger partial charge in [-0.3, -0.25) is 4.79 Å². The van der Waals surface area contributed by atoms with Gasteiger partial charge in [-0.1, -0.05) is 32.0 Å². The SMILES string of the molecule is COc1ccccc1C1(C)CC1NC(=O)C(C)CN. The van der Waals surface area contributed by atoms with Gasteiger partial charge in [0.1, 0.15) is 5.75 Å². The average Bonchev–Trinajstić information content (AvgIpc) is 3.09. The first-order chi connectivity index (χ1) is 9.02. The number of hydrogen-bond donors (Lipinski definition) is 2. The molecule has 1 fully saturated rings. The van der Waals surface area contributed by atoms with Gasteiger partial charge in [-0.25, -0.2) is 0 Å². The van der Waals surface area contributed by atoms with Gasteiger partial charge >= 0.3 is 0 Å². The zero-order valence-electron chi connectivity index (χ0n) is 11.8. The number of amides is 1. The first-order valence-electron chi connectivity index (χ1n) is 6.67. The van der Waals surface area contributed by atoms with Crippen LogP contribution in [0.4, 0.5) is 0 Å². The quantitative estimate of drug-likeness (QED) is 0.844. The van der Waals surface area contributed by atoms with Crippen molar-refractivity contribution in [1.29, 1.82) is 0 Å². The molecule has 1 aliphatic rings. The van der Waals surface area contributed by atoms with Crippen molar-refractivity contribution in [3.8, 4) is 5.75 Å². The Bertz CT molecular complexity index is 475. The van der Waals surface area contributed by atoms with Crippen LogP contribution < -0.4 is 15.8 Å². The zero-order valence-corrected chi connectivity index (χ0v) is 11.8. The molecular formula is C15H22N2O2. The Hall–Kier alpha value is -1.55. The fourth-order valence-corrected chi connectivity index (χ4v) is 2.41. The van der Waals surface area contributed by atoms with Crippen molar-refractivity contribution in [2.75, 3.05) is 13.7 Å². The molecule has 0 spiro atoms. The number of hydrogen-bond acceptors (Lipinski definition) is 3. The average molecular weight is 262 g/mol. The summed E-state index contributed by atoms with van der Waals surface area (Å²) in [4.78, 5) is 11.9. The number of ether oxygens (including phenoxy) is 1. The first-order valence-corrected chi connectivity index (χ1v) is 6.67. The molecular weight excluding hydrogens is 240 g/mol. The summed E-state index contributed by atoms with van der Waals surface area (Å²) < 4.78 is 5.40. The highest BCUT2D eigenvalue weighted by atomic mass is 16.5. The van der Waals surface area contributed by atoms with Gasteiger partial charge in [-0.15, -0.1) is 0 Å². The summed E-state index contributed by atoms with van der Waals surface area (Å²) in [5.74, 6) is 0.780. The van der Waals surface area contributed by atoms with Crippen molar-refractivity contribution >= 4 is 5.91 Å². The van der Waals surface area contributed by atoms with E-state index in [1.807, 2.05) is 25.1 Å². The summed E-state index contributed by atoms with van der Waals surface area (Å²) in [5.41, 5.74) is 6.64. The number of carbonyl (C=O) groups is 1. The number of carbonyl (C=O) groups excluding carboxylic acids is 1. The second-order valence-electron chi connectivity index (χ2n) is 5.52. The Morgan fingerprint density at radius 3 is 2.89 bits per heavy atom. The van der Waals surface area contributed by atoms with Gasteiger partial charge in [0.05, 0.1) is 7.11 Å². The number of para-hydroxylation sites is 1. The fourth-order valence-electron chi connectivity index (χ4n) is 2.41. The number of benzene rings is 1. The van der Waals surface area contributed by atoms with Crippen LogP contribution in [0.25, 0.3) is 0 Å². The van der Waals surface area contributed by atoms with Gasteiger partial charge in [-0.2, -0.15) is 0 Å². The molecule has 3 atom stereocenters. The highest BCUT2D eigenvalue weighted by molar-refractivity contribution is 5.79. The lowest BCUT2D eigenvalue weighted by Crippen LogP contribution is -2.37. The number of methoxy groups -OCH3 is 1. The molecule has 1 aliphatic carbocycles. The van der Waals surface area contributed by atoms with Crippen LogP contribution in [0.3, 0.4) is 0 Å². The van der Waals surface area contributed by atoms with E-state index in [0.29, 0.717) is 6.54 Å². The molecule has 2 rings (SSSR count). The third kappa shape index (κ3) is 2.59. The molecule has 0 bridgehead atoms. The Morgan fingerprint density at radius 1 is 1.58 bits per heavy atom. The molecule has 0 radical (unpaired) electrons. The predicted molar refractivity (Wildman–Crippen MR) is 75.1 cm³/mol. The van der Waals surface area contributed by atoms with Crippen LogP contribution in [0, 0.1) is 5.92 Å². The van der Waals surface area contributed by atoms with Crippen molar-refractivity contribution in [1.82, 2.24) is 5.32 Å².